The highest BCUT2D eigenvalue weighted by atomic mass is 32.2. The van der Waals surface area contributed by atoms with Crippen molar-refractivity contribution in [1.29, 1.82) is 0 Å². The number of aromatic amines is 1. The van der Waals surface area contributed by atoms with Crippen molar-refractivity contribution < 1.29 is 9.90 Å². The Kier molecular flexibility index (Phi) is 3.39. The van der Waals surface area contributed by atoms with E-state index in [1.807, 2.05) is 30.3 Å². The number of aromatic carboxylic acids is 1. The second-order valence-electron chi connectivity index (χ2n) is 4.17. The van der Waals surface area contributed by atoms with Gasteiger partial charge in [-0.15, -0.1) is 0 Å². The molecular formula is C14H11N3O2S. The first-order valence-electron chi connectivity index (χ1n) is 5.99. The average molecular weight is 285 g/mol. The Hall–Kier alpha value is -2.34. The monoisotopic (exact) mass is 285 g/mol. The summed E-state index contributed by atoms with van der Waals surface area (Å²) in [5.41, 5.74) is 2.69. The third-order valence-electron chi connectivity index (χ3n) is 2.75. The third kappa shape index (κ3) is 2.65. The molecule has 100 valence electrons. The van der Waals surface area contributed by atoms with E-state index in [0.717, 1.165) is 21.9 Å². The van der Waals surface area contributed by atoms with Gasteiger partial charge in [0.05, 0.1) is 16.7 Å². The molecule has 3 rings (SSSR count). The van der Waals surface area contributed by atoms with Crippen molar-refractivity contribution in [2.45, 2.75) is 10.9 Å². The van der Waals surface area contributed by atoms with E-state index in [2.05, 4.69) is 15.0 Å². The standard InChI is InChI=1S/C14H11N3O2S/c18-13(19)12-7-3-4-9(15-12)8-20-14-16-10-5-1-2-6-11(10)17-14/h1-7H,8H2,(H,16,17)(H,18,19). The number of imidazole rings is 1. The summed E-state index contributed by atoms with van der Waals surface area (Å²) in [5.74, 6) is -0.443. The number of carboxylic acid groups (broad SMARTS) is 1. The molecule has 0 fully saturated rings. The van der Waals surface area contributed by atoms with Crippen molar-refractivity contribution >= 4 is 28.8 Å². The van der Waals surface area contributed by atoms with Crippen LogP contribution in [-0.2, 0) is 5.75 Å². The Morgan fingerprint density at radius 3 is 2.80 bits per heavy atom. The minimum Gasteiger partial charge on any atom is -0.477 e. The fraction of sp³-hybridized carbons (Fsp3) is 0.0714. The van der Waals surface area contributed by atoms with Gasteiger partial charge in [0, 0.05) is 5.75 Å². The lowest BCUT2D eigenvalue weighted by molar-refractivity contribution is 0.0690. The molecule has 0 aliphatic rings. The molecule has 20 heavy (non-hydrogen) atoms. The molecule has 0 radical (unpaired) electrons. The van der Waals surface area contributed by atoms with Gasteiger partial charge in [0.15, 0.2) is 5.16 Å². The van der Waals surface area contributed by atoms with Crippen molar-refractivity contribution in [3.8, 4) is 0 Å². The normalized spacial score (nSPS) is 10.8. The van der Waals surface area contributed by atoms with Gasteiger partial charge in [-0.3, -0.25) is 0 Å². The van der Waals surface area contributed by atoms with Gasteiger partial charge in [-0.05, 0) is 24.3 Å². The van der Waals surface area contributed by atoms with E-state index in [9.17, 15) is 4.79 Å². The summed E-state index contributed by atoms with van der Waals surface area (Å²) in [7, 11) is 0. The highest BCUT2D eigenvalue weighted by Crippen LogP contribution is 2.22. The molecule has 0 unspecified atom stereocenters. The second kappa shape index (κ2) is 5.34. The Labute approximate surface area is 119 Å². The molecule has 5 nitrogen and oxygen atoms in total. The SMILES string of the molecule is O=C(O)c1cccc(CSc2nc3ccccc3[nH]2)n1. The Bertz CT molecular complexity index is 737. The number of carbonyl (C=O) groups is 1. The van der Waals surface area contributed by atoms with Crippen molar-refractivity contribution in [1.82, 2.24) is 15.0 Å². The molecule has 2 N–H and O–H groups in total. The van der Waals surface area contributed by atoms with Gasteiger partial charge in [0.2, 0.25) is 0 Å². The summed E-state index contributed by atoms with van der Waals surface area (Å²) < 4.78 is 0. The van der Waals surface area contributed by atoms with Gasteiger partial charge in [-0.25, -0.2) is 14.8 Å². The summed E-state index contributed by atoms with van der Waals surface area (Å²) in [6, 6.07) is 12.8. The maximum absolute atomic E-state index is 10.9. The van der Waals surface area contributed by atoms with Crippen molar-refractivity contribution in [3.63, 3.8) is 0 Å². The molecule has 0 aliphatic carbocycles. The number of thioether (sulfide) groups is 1. The summed E-state index contributed by atoms with van der Waals surface area (Å²) in [6.45, 7) is 0. The van der Waals surface area contributed by atoms with Crippen molar-refractivity contribution in [3.05, 3.63) is 53.9 Å². The van der Waals surface area contributed by atoms with E-state index >= 15 is 0 Å². The zero-order valence-corrected chi connectivity index (χ0v) is 11.2. The summed E-state index contributed by atoms with van der Waals surface area (Å²) in [6.07, 6.45) is 0. The van der Waals surface area contributed by atoms with E-state index < -0.39 is 5.97 Å². The highest BCUT2D eigenvalue weighted by Gasteiger charge is 2.07. The van der Waals surface area contributed by atoms with Gasteiger partial charge in [0.25, 0.3) is 0 Å². The number of hydrogen-bond acceptors (Lipinski definition) is 4. The maximum Gasteiger partial charge on any atom is 0.354 e. The Balaban J connectivity index is 1.75. The molecule has 3 aromatic rings. The first kappa shape index (κ1) is 12.7. The molecular weight excluding hydrogens is 274 g/mol. The van der Waals surface area contributed by atoms with E-state index in [1.165, 1.54) is 17.8 Å². The van der Waals surface area contributed by atoms with Crippen LogP contribution < -0.4 is 0 Å². The molecule has 0 aliphatic heterocycles. The van der Waals surface area contributed by atoms with Crippen LogP contribution in [0.5, 0.6) is 0 Å². The lowest BCUT2D eigenvalue weighted by atomic mass is 10.3. The van der Waals surface area contributed by atoms with Crippen LogP contribution in [0.3, 0.4) is 0 Å². The number of hydrogen-bond donors (Lipinski definition) is 2. The van der Waals surface area contributed by atoms with Crippen LogP contribution in [0.1, 0.15) is 16.2 Å². The van der Waals surface area contributed by atoms with Crippen LogP contribution in [0.15, 0.2) is 47.6 Å². The molecule has 0 atom stereocenters. The molecule has 1 aromatic carbocycles. The molecule has 0 bridgehead atoms. The summed E-state index contributed by atoms with van der Waals surface area (Å²) in [4.78, 5) is 22.6. The molecule has 0 saturated heterocycles. The quantitative estimate of drug-likeness (QED) is 0.720. The number of H-pyrrole nitrogens is 1. The Morgan fingerprint density at radius 2 is 2.00 bits per heavy atom. The predicted molar refractivity (Wildman–Crippen MR) is 76.9 cm³/mol. The van der Waals surface area contributed by atoms with E-state index in [4.69, 9.17) is 5.11 Å². The molecule has 2 heterocycles. The minimum atomic E-state index is -1.01. The molecule has 0 saturated carbocycles. The lowest BCUT2D eigenvalue weighted by Gasteiger charge is -2.00. The number of pyridine rings is 1. The first-order valence-corrected chi connectivity index (χ1v) is 6.98. The fourth-order valence-corrected chi connectivity index (χ4v) is 2.61. The van der Waals surface area contributed by atoms with E-state index in [-0.39, 0.29) is 5.69 Å². The number of nitrogens with zero attached hydrogens (tertiary/aromatic N) is 2. The van der Waals surface area contributed by atoms with Crippen LogP contribution in [0.2, 0.25) is 0 Å². The average Bonchev–Trinajstić information content (AvgIpc) is 2.88. The number of para-hydroxylation sites is 2. The molecule has 2 aromatic heterocycles. The van der Waals surface area contributed by atoms with Crippen LogP contribution in [-0.4, -0.2) is 26.0 Å². The van der Waals surface area contributed by atoms with Gasteiger partial charge in [-0.1, -0.05) is 30.0 Å². The zero-order chi connectivity index (χ0) is 13.9. The Morgan fingerprint density at radius 1 is 1.15 bits per heavy atom. The molecule has 0 amide bonds. The molecule has 0 spiro atoms. The molecule has 6 heteroatoms. The number of nitrogens with one attached hydrogen (secondary N) is 1. The third-order valence-corrected chi connectivity index (χ3v) is 3.66. The predicted octanol–water partition coefficient (Wildman–Crippen LogP) is 2.95. The topological polar surface area (TPSA) is 78.9 Å². The van der Waals surface area contributed by atoms with Crippen LogP contribution in [0, 0.1) is 0 Å². The number of benzene rings is 1. The van der Waals surface area contributed by atoms with Crippen molar-refractivity contribution in [2.75, 3.05) is 0 Å². The van der Waals surface area contributed by atoms with Gasteiger partial charge >= 0.3 is 5.97 Å². The number of carboxylic acids is 1. The first-order chi connectivity index (χ1) is 9.72. The largest absolute Gasteiger partial charge is 0.477 e. The van der Waals surface area contributed by atoms with Gasteiger partial charge < -0.3 is 10.1 Å². The number of fused-ring (bicyclic) bond motifs is 1. The fourth-order valence-electron chi connectivity index (χ4n) is 1.82. The van der Waals surface area contributed by atoms with Gasteiger partial charge in [-0.2, -0.15) is 0 Å². The zero-order valence-electron chi connectivity index (χ0n) is 10.4. The van der Waals surface area contributed by atoms with Crippen LogP contribution >= 0.6 is 11.8 Å². The van der Waals surface area contributed by atoms with Crippen molar-refractivity contribution in [2.24, 2.45) is 0 Å². The van der Waals surface area contributed by atoms with Crippen LogP contribution in [0.4, 0.5) is 0 Å². The number of rotatable bonds is 4. The minimum absolute atomic E-state index is 0.0627. The lowest BCUT2D eigenvalue weighted by Crippen LogP contribution is -2.01. The van der Waals surface area contributed by atoms with Gasteiger partial charge in [0.1, 0.15) is 5.69 Å². The summed E-state index contributed by atoms with van der Waals surface area (Å²) in [5, 5.41) is 9.70. The van der Waals surface area contributed by atoms with Crippen LogP contribution in [0.25, 0.3) is 11.0 Å². The van der Waals surface area contributed by atoms with E-state index in [1.54, 1.807) is 6.07 Å². The van der Waals surface area contributed by atoms with E-state index in [0.29, 0.717) is 5.75 Å². The second-order valence-corrected chi connectivity index (χ2v) is 5.13. The maximum atomic E-state index is 10.9. The smallest absolute Gasteiger partial charge is 0.354 e. The summed E-state index contributed by atoms with van der Waals surface area (Å²) >= 11 is 1.50. The number of aromatic nitrogens is 3. The highest BCUT2D eigenvalue weighted by molar-refractivity contribution is 7.98.